The maximum absolute atomic E-state index is 9.93. The Hall–Kier alpha value is 0.170. The molecule has 0 fully saturated rings. The molecule has 0 atom stereocenters. The fraction of sp³-hybridized carbons (Fsp3) is 0.500. The Labute approximate surface area is 76.6 Å². The van der Waals surface area contributed by atoms with E-state index in [0.717, 1.165) is 18.9 Å². The molecule has 4 heteroatoms. The van der Waals surface area contributed by atoms with Crippen molar-refractivity contribution in [3.8, 4) is 0 Å². The zero-order valence-corrected chi connectivity index (χ0v) is 8.43. The number of carbonyl (C=O) groups is 1. The average molecular weight is 272 g/mol. The van der Waals surface area contributed by atoms with Gasteiger partial charge in [0.1, 0.15) is 0 Å². The Bertz CT molecular complexity index is 132. The predicted molar refractivity (Wildman–Crippen MR) is 47.7 cm³/mol. The lowest BCUT2D eigenvalue weighted by molar-refractivity contribution is -0.131. The molecule has 0 aromatic carbocycles. The van der Waals surface area contributed by atoms with Crippen LogP contribution in [-0.4, -0.2) is 14.8 Å². The van der Waals surface area contributed by atoms with E-state index in [1.165, 1.54) is 0 Å². The Morgan fingerprint density at radius 1 is 1.60 bits per heavy atom. The van der Waals surface area contributed by atoms with Crippen LogP contribution in [0.25, 0.3) is 0 Å². The van der Waals surface area contributed by atoms with Gasteiger partial charge in [-0.15, -0.1) is 0 Å². The number of carboxylic acids is 1. The van der Waals surface area contributed by atoms with Crippen LogP contribution in [0, 0.1) is 0 Å². The first kappa shape index (κ1) is 10.2. The number of alkyl halides is 2. The summed E-state index contributed by atoms with van der Waals surface area (Å²) in [5, 5.41) is 8.17. The third kappa shape index (κ3) is 8.17. The zero-order chi connectivity index (χ0) is 7.98. The fourth-order valence-corrected chi connectivity index (χ4v) is 0.935. The summed E-state index contributed by atoms with van der Waals surface area (Å²) in [6.07, 6.45) is 4.46. The first-order valence-electron chi connectivity index (χ1n) is 2.80. The van der Waals surface area contributed by atoms with E-state index >= 15 is 0 Å². The molecule has 0 aromatic rings. The van der Waals surface area contributed by atoms with Crippen LogP contribution in [0.5, 0.6) is 0 Å². The summed E-state index contributed by atoms with van der Waals surface area (Å²) in [6, 6.07) is 0. The molecule has 0 radical (unpaired) electrons. The third-order valence-corrected chi connectivity index (χ3v) is 1.73. The largest absolute Gasteiger partial charge is 0.478 e. The third-order valence-electron chi connectivity index (χ3n) is 0.812. The molecule has 0 aliphatic heterocycles. The van der Waals surface area contributed by atoms with E-state index in [-0.39, 0.29) is 3.74 Å². The summed E-state index contributed by atoms with van der Waals surface area (Å²) in [4.78, 5) is 9.93. The highest BCUT2D eigenvalue weighted by atomic mass is 79.9. The van der Waals surface area contributed by atoms with Gasteiger partial charge in [0.25, 0.3) is 0 Å². The fourth-order valence-electron chi connectivity index (χ4n) is 0.406. The van der Waals surface area contributed by atoms with Gasteiger partial charge >= 0.3 is 5.97 Å². The average Bonchev–Trinajstić information content (AvgIpc) is 1.79. The highest BCUT2D eigenvalue weighted by molar-refractivity contribution is 9.24. The van der Waals surface area contributed by atoms with E-state index < -0.39 is 5.97 Å². The van der Waals surface area contributed by atoms with Crippen LogP contribution in [0.3, 0.4) is 0 Å². The lowest BCUT2D eigenvalue weighted by atomic mass is 10.3. The maximum Gasteiger partial charge on any atom is 0.327 e. The molecule has 0 saturated carbocycles. The summed E-state index contributed by atoms with van der Waals surface area (Å²) < 4.78 is 0.276. The minimum atomic E-state index is -0.888. The van der Waals surface area contributed by atoms with Crippen LogP contribution < -0.4 is 0 Å². The van der Waals surface area contributed by atoms with Gasteiger partial charge in [0, 0.05) is 6.08 Å². The predicted octanol–water partition coefficient (Wildman–Crippen LogP) is 2.52. The Morgan fingerprint density at radius 3 is 2.60 bits per heavy atom. The smallest absolute Gasteiger partial charge is 0.327 e. The highest BCUT2D eigenvalue weighted by Crippen LogP contribution is 2.14. The van der Waals surface area contributed by atoms with Crippen molar-refractivity contribution in [3.05, 3.63) is 12.2 Å². The molecular formula is C6H8Br2O2. The zero-order valence-electron chi connectivity index (χ0n) is 5.26. The molecule has 10 heavy (non-hydrogen) atoms. The molecule has 0 saturated heterocycles. The summed E-state index contributed by atoms with van der Waals surface area (Å²) in [5.41, 5.74) is 0. The van der Waals surface area contributed by atoms with Gasteiger partial charge < -0.3 is 5.11 Å². The van der Waals surface area contributed by atoms with Gasteiger partial charge in [-0.2, -0.15) is 0 Å². The van der Waals surface area contributed by atoms with E-state index in [2.05, 4.69) is 31.9 Å². The van der Waals surface area contributed by atoms with Gasteiger partial charge in [0.15, 0.2) is 0 Å². The van der Waals surface area contributed by atoms with Crippen molar-refractivity contribution in [1.82, 2.24) is 0 Å². The number of carboxylic acid groups (broad SMARTS) is 1. The highest BCUT2D eigenvalue weighted by Gasteiger charge is 1.93. The molecule has 0 spiro atoms. The number of rotatable bonds is 4. The van der Waals surface area contributed by atoms with E-state index in [9.17, 15) is 4.79 Å². The SMILES string of the molecule is O=C(O)C=CCCC(Br)Br. The molecule has 0 amide bonds. The van der Waals surface area contributed by atoms with Crippen LogP contribution in [0.2, 0.25) is 0 Å². The van der Waals surface area contributed by atoms with Gasteiger partial charge in [0.2, 0.25) is 0 Å². The Kier molecular flexibility index (Phi) is 6.02. The van der Waals surface area contributed by atoms with Crippen molar-refractivity contribution < 1.29 is 9.90 Å². The summed E-state index contributed by atoms with van der Waals surface area (Å²) in [6.45, 7) is 0. The minimum absolute atomic E-state index is 0.276. The van der Waals surface area contributed by atoms with Crippen LogP contribution in [0.1, 0.15) is 12.8 Å². The van der Waals surface area contributed by atoms with Crippen molar-refractivity contribution in [3.63, 3.8) is 0 Å². The summed E-state index contributed by atoms with van der Waals surface area (Å²) in [5.74, 6) is -0.888. The molecule has 0 aliphatic rings. The number of aliphatic carboxylic acids is 1. The van der Waals surface area contributed by atoms with Crippen LogP contribution in [0.15, 0.2) is 12.2 Å². The second-order valence-corrected chi connectivity index (χ2v) is 5.15. The van der Waals surface area contributed by atoms with Crippen molar-refractivity contribution in [2.24, 2.45) is 0 Å². The number of hydrogen-bond acceptors (Lipinski definition) is 1. The molecule has 2 nitrogen and oxygen atoms in total. The van der Waals surface area contributed by atoms with Crippen LogP contribution in [-0.2, 0) is 4.79 Å². The van der Waals surface area contributed by atoms with E-state index in [4.69, 9.17) is 5.11 Å². The van der Waals surface area contributed by atoms with Crippen molar-refractivity contribution in [2.45, 2.75) is 16.6 Å². The van der Waals surface area contributed by atoms with Gasteiger partial charge in [-0.1, -0.05) is 37.9 Å². The monoisotopic (exact) mass is 270 g/mol. The summed E-state index contributed by atoms with van der Waals surface area (Å²) in [7, 11) is 0. The van der Waals surface area contributed by atoms with Crippen molar-refractivity contribution in [2.75, 3.05) is 0 Å². The van der Waals surface area contributed by atoms with Gasteiger partial charge in [-0.25, -0.2) is 4.79 Å². The molecule has 0 aliphatic carbocycles. The van der Waals surface area contributed by atoms with Crippen molar-refractivity contribution in [1.29, 1.82) is 0 Å². The van der Waals surface area contributed by atoms with Gasteiger partial charge in [-0.3, -0.25) is 0 Å². The van der Waals surface area contributed by atoms with Crippen molar-refractivity contribution >= 4 is 37.8 Å². The first-order chi connectivity index (χ1) is 4.63. The Morgan fingerprint density at radius 2 is 2.20 bits per heavy atom. The number of hydrogen-bond donors (Lipinski definition) is 1. The summed E-state index contributed by atoms with van der Waals surface area (Å²) >= 11 is 6.55. The van der Waals surface area contributed by atoms with Gasteiger partial charge in [0.05, 0.1) is 3.74 Å². The lowest BCUT2D eigenvalue weighted by Crippen LogP contribution is -1.87. The topological polar surface area (TPSA) is 37.3 Å². The van der Waals surface area contributed by atoms with Crippen LogP contribution in [0.4, 0.5) is 0 Å². The molecule has 58 valence electrons. The molecule has 0 bridgehead atoms. The normalized spacial score (nSPS) is 11.1. The van der Waals surface area contributed by atoms with Gasteiger partial charge in [-0.05, 0) is 12.8 Å². The van der Waals surface area contributed by atoms with Crippen LogP contribution >= 0.6 is 31.9 Å². The molecule has 0 rings (SSSR count). The second-order valence-electron chi connectivity index (χ2n) is 1.71. The van der Waals surface area contributed by atoms with E-state index in [1.54, 1.807) is 6.08 Å². The maximum atomic E-state index is 9.93. The molecular weight excluding hydrogens is 264 g/mol. The van der Waals surface area contributed by atoms with E-state index in [0.29, 0.717) is 0 Å². The Balaban J connectivity index is 3.27. The molecule has 0 unspecified atom stereocenters. The lowest BCUT2D eigenvalue weighted by Gasteiger charge is -1.93. The molecule has 1 N–H and O–H groups in total. The quantitative estimate of drug-likeness (QED) is 0.630. The number of allylic oxidation sites excluding steroid dienone is 1. The molecule has 0 heterocycles. The molecule has 0 aromatic heterocycles. The number of halogens is 2. The second kappa shape index (κ2) is 5.92. The van der Waals surface area contributed by atoms with E-state index in [1.807, 2.05) is 0 Å². The first-order valence-corrected chi connectivity index (χ1v) is 4.63. The standard InChI is InChI=1S/C6H8Br2O2/c7-5(8)3-1-2-4-6(9)10/h2,4-5H,1,3H2,(H,9,10). The minimum Gasteiger partial charge on any atom is -0.478 e.